The van der Waals surface area contributed by atoms with Gasteiger partial charge in [-0.05, 0) is 47.3 Å². The predicted octanol–water partition coefficient (Wildman–Crippen LogP) is 4.67. The summed E-state index contributed by atoms with van der Waals surface area (Å²) >= 11 is 5.40. The van der Waals surface area contributed by atoms with Crippen LogP contribution in [0.15, 0.2) is 59.7 Å². The number of ether oxygens (including phenoxy) is 3. The second-order valence-electron chi connectivity index (χ2n) is 6.38. The molecule has 0 saturated carbocycles. The number of hydrogen-bond donors (Lipinski definition) is 1. The van der Waals surface area contributed by atoms with Crippen molar-refractivity contribution in [3.05, 3.63) is 64.9 Å². The highest BCUT2D eigenvalue weighted by Gasteiger charge is 2.13. The van der Waals surface area contributed by atoms with Crippen molar-refractivity contribution < 1.29 is 14.2 Å². The molecule has 30 heavy (non-hydrogen) atoms. The quantitative estimate of drug-likeness (QED) is 0.362. The number of nitrogens with one attached hydrogen (secondary N) is 1. The molecule has 1 heterocycles. The van der Waals surface area contributed by atoms with E-state index in [9.17, 15) is 0 Å². The standard InChI is InChI=1S/C22H20N4O3S/c1-27-18-10-8-14-6-4-5-7-16(14)17(18)13-23-26-21(24-25-22(26)30)15-9-11-19(28-2)20(12-15)29-3/h4-13H,1-3H3,(H,25,30)/b23-13-. The van der Waals surface area contributed by atoms with Crippen LogP contribution >= 0.6 is 12.2 Å². The van der Waals surface area contributed by atoms with Crippen molar-refractivity contribution in [2.24, 2.45) is 5.10 Å². The second kappa shape index (κ2) is 8.38. The van der Waals surface area contributed by atoms with E-state index in [1.54, 1.807) is 32.2 Å². The first-order chi connectivity index (χ1) is 14.7. The highest BCUT2D eigenvalue weighted by atomic mass is 32.1. The fraction of sp³-hybridized carbons (Fsp3) is 0.136. The summed E-state index contributed by atoms with van der Waals surface area (Å²) in [5, 5.41) is 13.9. The summed E-state index contributed by atoms with van der Waals surface area (Å²) in [6, 6.07) is 17.5. The molecule has 0 fully saturated rings. The smallest absolute Gasteiger partial charge is 0.216 e. The molecule has 0 atom stereocenters. The molecule has 1 aromatic heterocycles. The molecule has 0 aliphatic rings. The summed E-state index contributed by atoms with van der Waals surface area (Å²) in [7, 11) is 4.82. The minimum Gasteiger partial charge on any atom is -0.496 e. The van der Waals surface area contributed by atoms with E-state index in [1.165, 1.54) is 0 Å². The number of nitrogens with zero attached hydrogens (tertiary/aromatic N) is 3. The topological polar surface area (TPSA) is 73.7 Å². The number of benzene rings is 3. The number of methoxy groups -OCH3 is 3. The number of aromatic nitrogens is 3. The molecule has 0 spiro atoms. The zero-order valence-electron chi connectivity index (χ0n) is 16.7. The highest BCUT2D eigenvalue weighted by Crippen LogP contribution is 2.32. The van der Waals surface area contributed by atoms with Gasteiger partial charge in [-0.25, -0.2) is 5.10 Å². The Kier molecular flexibility index (Phi) is 5.49. The van der Waals surface area contributed by atoms with E-state index < -0.39 is 0 Å². The van der Waals surface area contributed by atoms with Gasteiger partial charge in [0.15, 0.2) is 17.3 Å². The molecule has 0 unspecified atom stereocenters. The molecule has 0 bridgehead atoms. The van der Waals surface area contributed by atoms with E-state index in [2.05, 4.69) is 15.3 Å². The summed E-state index contributed by atoms with van der Waals surface area (Å²) in [4.78, 5) is 0. The minimum absolute atomic E-state index is 0.371. The van der Waals surface area contributed by atoms with E-state index >= 15 is 0 Å². The van der Waals surface area contributed by atoms with Crippen LogP contribution in [0.5, 0.6) is 17.2 Å². The molecular formula is C22H20N4O3S. The molecule has 4 aromatic rings. The molecule has 7 nitrogen and oxygen atoms in total. The van der Waals surface area contributed by atoms with E-state index in [1.807, 2.05) is 54.6 Å². The van der Waals surface area contributed by atoms with Crippen LogP contribution in [0.25, 0.3) is 22.2 Å². The van der Waals surface area contributed by atoms with Crippen molar-refractivity contribution in [1.82, 2.24) is 14.9 Å². The Hall–Kier alpha value is -3.65. The Morgan fingerprint density at radius 3 is 2.43 bits per heavy atom. The van der Waals surface area contributed by atoms with Crippen molar-refractivity contribution in [1.29, 1.82) is 0 Å². The van der Waals surface area contributed by atoms with Crippen LogP contribution in [-0.4, -0.2) is 42.4 Å². The third-order valence-corrected chi connectivity index (χ3v) is 5.01. The molecule has 0 aliphatic heterocycles. The van der Waals surface area contributed by atoms with Gasteiger partial charge in [-0.15, -0.1) is 0 Å². The number of H-pyrrole nitrogens is 1. The summed E-state index contributed by atoms with van der Waals surface area (Å²) in [5.41, 5.74) is 1.64. The lowest BCUT2D eigenvalue weighted by Gasteiger charge is -2.10. The van der Waals surface area contributed by atoms with Crippen LogP contribution in [-0.2, 0) is 0 Å². The largest absolute Gasteiger partial charge is 0.496 e. The van der Waals surface area contributed by atoms with E-state index in [-0.39, 0.29) is 0 Å². The zero-order valence-corrected chi connectivity index (χ0v) is 17.6. The molecule has 152 valence electrons. The maximum Gasteiger partial charge on any atom is 0.216 e. The molecular weight excluding hydrogens is 400 g/mol. The van der Waals surface area contributed by atoms with Gasteiger partial charge in [0, 0.05) is 11.1 Å². The molecule has 0 saturated heterocycles. The minimum atomic E-state index is 0.371. The fourth-order valence-corrected chi connectivity index (χ4v) is 3.44. The zero-order chi connectivity index (χ0) is 21.1. The Morgan fingerprint density at radius 2 is 1.67 bits per heavy atom. The van der Waals surface area contributed by atoms with Crippen molar-refractivity contribution in [2.75, 3.05) is 21.3 Å². The van der Waals surface area contributed by atoms with Crippen LogP contribution in [0.2, 0.25) is 0 Å². The SMILES string of the molecule is COc1ccc(-c2n[nH]c(=S)n2/N=C\c2c(OC)ccc3ccccc23)cc1OC. The molecule has 0 radical (unpaired) electrons. The average molecular weight is 420 g/mol. The lowest BCUT2D eigenvalue weighted by molar-refractivity contribution is 0.355. The summed E-state index contributed by atoms with van der Waals surface area (Å²) in [5.74, 6) is 2.50. The fourth-order valence-electron chi connectivity index (χ4n) is 3.26. The van der Waals surface area contributed by atoms with E-state index in [0.29, 0.717) is 22.1 Å². The number of hydrogen-bond acceptors (Lipinski definition) is 6. The Morgan fingerprint density at radius 1 is 0.933 bits per heavy atom. The van der Waals surface area contributed by atoms with Crippen LogP contribution < -0.4 is 14.2 Å². The van der Waals surface area contributed by atoms with Gasteiger partial charge in [0.05, 0.1) is 27.5 Å². The van der Waals surface area contributed by atoms with Gasteiger partial charge in [-0.1, -0.05) is 30.3 Å². The normalized spacial score (nSPS) is 11.2. The molecule has 1 N–H and O–H groups in total. The van der Waals surface area contributed by atoms with E-state index in [0.717, 1.165) is 27.6 Å². The first-order valence-corrected chi connectivity index (χ1v) is 9.57. The van der Waals surface area contributed by atoms with Crippen molar-refractivity contribution >= 4 is 29.2 Å². The Labute approximate surface area is 178 Å². The average Bonchev–Trinajstić information content (AvgIpc) is 3.16. The summed E-state index contributed by atoms with van der Waals surface area (Å²) < 4.78 is 18.2. The second-order valence-corrected chi connectivity index (χ2v) is 6.77. The molecule has 8 heteroatoms. The Bertz CT molecular complexity index is 1290. The van der Waals surface area contributed by atoms with Gasteiger partial charge < -0.3 is 14.2 Å². The number of fused-ring (bicyclic) bond motifs is 1. The first-order valence-electron chi connectivity index (χ1n) is 9.16. The summed E-state index contributed by atoms with van der Waals surface area (Å²) in [6.45, 7) is 0. The van der Waals surface area contributed by atoms with E-state index in [4.69, 9.17) is 26.4 Å². The molecule has 0 aliphatic carbocycles. The lowest BCUT2D eigenvalue weighted by Crippen LogP contribution is -1.98. The van der Waals surface area contributed by atoms with Crippen molar-refractivity contribution in [3.8, 4) is 28.6 Å². The van der Waals surface area contributed by atoms with Crippen molar-refractivity contribution in [2.45, 2.75) is 0 Å². The molecule has 4 rings (SSSR count). The number of aromatic amines is 1. The van der Waals surface area contributed by atoms with Crippen LogP contribution in [0.1, 0.15) is 5.56 Å². The van der Waals surface area contributed by atoms with Crippen LogP contribution in [0.4, 0.5) is 0 Å². The third-order valence-electron chi connectivity index (χ3n) is 4.75. The first kappa shape index (κ1) is 19.7. The monoisotopic (exact) mass is 420 g/mol. The van der Waals surface area contributed by atoms with Crippen LogP contribution in [0.3, 0.4) is 0 Å². The van der Waals surface area contributed by atoms with Gasteiger partial charge in [0.2, 0.25) is 4.77 Å². The maximum absolute atomic E-state index is 5.54. The Balaban J connectivity index is 1.82. The van der Waals surface area contributed by atoms with Gasteiger partial charge in [-0.3, -0.25) is 0 Å². The molecule has 0 amide bonds. The number of rotatable bonds is 6. The third kappa shape index (κ3) is 3.53. The van der Waals surface area contributed by atoms with Crippen molar-refractivity contribution in [3.63, 3.8) is 0 Å². The van der Waals surface area contributed by atoms with Gasteiger partial charge >= 0.3 is 0 Å². The van der Waals surface area contributed by atoms with Gasteiger partial charge in [0.25, 0.3) is 0 Å². The van der Waals surface area contributed by atoms with Gasteiger partial charge in [0.1, 0.15) is 5.75 Å². The highest BCUT2D eigenvalue weighted by molar-refractivity contribution is 7.71. The summed E-state index contributed by atoms with van der Waals surface area (Å²) in [6.07, 6.45) is 1.73. The maximum atomic E-state index is 5.54. The lowest BCUT2D eigenvalue weighted by atomic mass is 10.0. The van der Waals surface area contributed by atoms with Gasteiger partial charge in [-0.2, -0.15) is 14.9 Å². The van der Waals surface area contributed by atoms with Crippen LogP contribution in [0, 0.1) is 4.77 Å². The molecule has 3 aromatic carbocycles. The predicted molar refractivity (Wildman–Crippen MR) is 119 cm³/mol.